The predicted molar refractivity (Wildman–Crippen MR) is 97.9 cm³/mol. The Kier molecular flexibility index (Phi) is 7.41. The molecule has 2 N–H and O–H groups in total. The fraction of sp³-hybridized carbons (Fsp3) is 0.353. The first-order valence-electron chi connectivity index (χ1n) is 8.35. The molecule has 7 nitrogen and oxygen atoms in total. The second-order valence-corrected chi connectivity index (χ2v) is 6.20. The molecule has 1 atom stereocenters. The summed E-state index contributed by atoms with van der Waals surface area (Å²) in [6.07, 6.45) is -1.78. The lowest BCUT2D eigenvalue weighted by molar-refractivity contribution is -0.207. The van der Waals surface area contributed by atoms with Crippen LogP contribution in [0.15, 0.2) is 47.8 Å². The van der Waals surface area contributed by atoms with E-state index >= 15 is 0 Å². The molecular formula is C17H19ClF3N5O2. The third-order valence-corrected chi connectivity index (χ3v) is 3.85. The number of aryl methyl sites for hydroxylation is 1. The van der Waals surface area contributed by atoms with Gasteiger partial charge in [0.1, 0.15) is 0 Å². The molecule has 1 aromatic carbocycles. The average Bonchev–Trinajstić information content (AvgIpc) is 3.30. The number of alkyl halides is 3. The van der Waals surface area contributed by atoms with E-state index in [-0.39, 0.29) is 12.4 Å². The number of nitrogens with one attached hydrogen (secondary N) is 1. The Morgan fingerprint density at radius 1 is 1.29 bits per heavy atom. The Bertz CT molecular complexity index is 887. The highest BCUT2D eigenvalue weighted by molar-refractivity contribution is 6.30. The van der Waals surface area contributed by atoms with E-state index in [1.54, 1.807) is 43.0 Å². The monoisotopic (exact) mass is 417 g/mol. The summed E-state index contributed by atoms with van der Waals surface area (Å²) in [7, 11) is 0. The molecule has 2 aromatic heterocycles. The Balaban J connectivity index is 0.000000485. The number of aliphatic hydroxyl groups is 1. The van der Waals surface area contributed by atoms with E-state index in [0.717, 1.165) is 9.25 Å². The number of aliphatic hydroxyl groups excluding tert-OH is 1. The van der Waals surface area contributed by atoms with Gasteiger partial charge in [0, 0.05) is 29.5 Å². The molecule has 0 bridgehead atoms. The molecule has 3 aromatic rings. The van der Waals surface area contributed by atoms with Gasteiger partial charge in [-0.15, -0.1) is 5.10 Å². The molecule has 0 aliphatic heterocycles. The van der Waals surface area contributed by atoms with Gasteiger partial charge in [0.15, 0.2) is 11.9 Å². The topological polar surface area (TPSA) is 88.7 Å². The van der Waals surface area contributed by atoms with Gasteiger partial charge in [0.05, 0.1) is 12.9 Å². The maximum atomic E-state index is 12.6. The van der Waals surface area contributed by atoms with Gasteiger partial charge in [-0.1, -0.05) is 18.5 Å². The fourth-order valence-corrected chi connectivity index (χ4v) is 2.39. The largest absolute Gasteiger partial charge is 0.416 e. The van der Waals surface area contributed by atoms with Crippen molar-refractivity contribution in [2.45, 2.75) is 38.7 Å². The van der Waals surface area contributed by atoms with Gasteiger partial charge in [0.2, 0.25) is 0 Å². The summed E-state index contributed by atoms with van der Waals surface area (Å²) in [5, 5.41) is 13.8. The summed E-state index contributed by atoms with van der Waals surface area (Å²) in [5.41, 5.74) is -0.254. The zero-order chi connectivity index (χ0) is 20.7. The lowest BCUT2D eigenvalue weighted by atomic mass is 10.2. The number of aromatic amines is 1. The van der Waals surface area contributed by atoms with Crippen molar-refractivity contribution in [1.82, 2.24) is 24.3 Å². The number of nitrogens with zero attached hydrogens (tertiary/aromatic N) is 4. The van der Waals surface area contributed by atoms with Crippen molar-refractivity contribution in [3.05, 3.63) is 58.5 Å². The number of H-pyrrole nitrogens is 1. The first kappa shape index (κ1) is 21.7. The molecule has 0 aliphatic carbocycles. The number of imidazole rings is 1. The Labute approximate surface area is 163 Å². The summed E-state index contributed by atoms with van der Waals surface area (Å²) in [6, 6.07) is 6.20. The van der Waals surface area contributed by atoms with E-state index in [4.69, 9.17) is 11.6 Å². The van der Waals surface area contributed by atoms with Crippen molar-refractivity contribution >= 4 is 11.6 Å². The second kappa shape index (κ2) is 9.56. The van der Waals surface area contributed by atoms with Crippen LogP contribution in [0.25, 0.3) is 11.4 Å². The second-order valence-electron chi connectivity index (χ2n) is 5.76. The molecule has 0 amide bonds. The van der Waals surface area contributed by atoms with Crippen LogP contribution in [-0.4, -0.2) is 41.7 Å². The first-order chi connectivity index (χ1) is 13.2. The minimum absolute atomic E-state index is 0.0587. The number of aromatic nitrogens is 5. The summed E-state index contributed by atoms with van der Waals surface area (Å²) in [6.45, 7) is 1.18. The van der Waals surface area contributed by atoms with Crippen LogP contribution in [0.2, 0.25) is 5.02 Å². The average molecular weight is 418 g/mol. The molecule has 0 saturated carbocycles. The summed E-state index contributed by atoms with van der Waals surface area (Å²) in [5.74, 6) is 0.0587. The van der Waals surface area contributed by atoms with Crippen LogP contribution in [0.5, 0.6) is 0 Å². The third-order valence-electron chi connectivity index (χ3n) is 3.60. The highest BCUT2D eigenvalue weighted by atomic mass is 35.5. The van der Waals surface area contributed by atoms with Crippen molar-refractivity contribution in [3.8, 4) is 11.4 Å². The van der Waals surface area contributed by atoms with Crippen molar-refractivity contribution in [3.63, 3.8) is 0 Å². The van der Waals surface area contributed by atoms with Crippen molar-refractivity contribution in [2.24, 2.45) is 0 Å². The summed E-state index contributed by atoms with van der Waals surface area (Å²) >= 11 is 5.79. The highest BCUT2D eigenvalue weighted by Gasteiger charge is 2.39. The van der Waals surface area contributed by atoms with E-state index in [1.165, 1.54) is 0 Å². The number of benzene rings is 1. The third kappa shape index (κ3) is 5.70. The minimum atomic E-state index is -4.82. The van der Waals surface area contributed by atoms with Crippen molar-refractivity contribution < 1.29 is 18.3 Å². The summed E-state index contributed by atoms with van der Waals surface area (Å²) < 4.78 is 39.7. The van der Waals surface area contributed by atoms with Crippen LogP contribution >= 0.6 is 11.6 Å². The van der Waals surface area contributed by atoms with Crippen molar-refractivity contribution in [1.29, 1.82) is 0 Å². The van der Waals surface area contributed by atoms with Crippen LogP contribution in [0.1, 0.15) is 13.3 Å². The molecule has 0 fully saturated rings. The van der Waals surface area contributed by atoms with Crippen molar-refractivity contribution in [2.75, 3.05) is 0 Å². The molecule has 2 heterocycles. The van der Waals surface area contributed by atoms with Gasteiger partial charge in [-0.25, -0.2) is 14.5 Å². The quantitative estimate of drug-likeness (QED) is 0.667. The number of hydrogen-bond acceptors (Lipinski definition) is 4. The van der Waals surface area contributed by atoms with Crippen LogP contribution in [0, 0.1) is 0 Å². The Morgan fingerprint density at radius 3 is 2.43 bits per heavy atom. The summed E-state index contributed by atoms with van der Waals surface area (Å²) in [4.78, 5) is 18.7. The molecule has 152 valence electrons. The van der Waals surface area contributed by atoms with Gasteiger partial charge in [0.25, 0.3) is 0 Å². The molecule has 0 radical (unpaired) electrons. The van der Waals surface area contributed by atoms with Crippen LogP contribution in [0.3, 0.4) is 0 Å². The molecule has 28 heavy (non-hydrogen) atoms. The number of hydrogen-bond donors (Lipinski definition) is 2. The molecule has 0 spiro atoms. The van der Waals surface area contributed by atoms with Gasteiger partial charge in [-0.2, -0.15) is 13.2 Å². The molecule has 0 aliphatic rings. The van der Waals surface area contributed by atoms with E-state index in [2.05, 4.69) is 15.1 Å². The van der Waals surface area contributed by atoms with Crippen LogP contribution < -0.4 is 5.69 Å². The molecule has 3 rings (SSSR count). The molecule has 11 heteroatoms. The SMILES string of the molecule is CCCn1nc(-c2ccc(Cl)cc2)n(C[C@H](O)C(F)(F)F)c1=O.c1c[nH]cn1. The van der Waals surface area contributed by atoms with Gasteiger partial charge >= 0.3 is 11.9 Å². The minimum Gasteiger partial charge on any atom is -0.382 e. The van der Waals surface area contributed by atoms with Gasteiger partial charge < -0.3 is 10.1 Å². The zero-order valence-electron chi connectivity index (χ0n) is 14.9. The maximum absolute atomic E-state index is 12.6. The van der Waals surface area contributed by atoms with E-state index in [1.807, 2.05) is 6.92 Å². The van der Waals surface area contributed by atoms with Gasteiger partial charge in [-0.3, -0.25) is 4.57 Å². The Morgan fingerprint density at radius 2 is 1.96 bits per heavy atom. The van der Waals surface area contributed by atoms with Gasteiger partial charge in [-0.05, 0) is 30.7 Å². The van der Waals surface area contributed by atoms with E-state index < -0.39 is 24.5 Å². The standard InChI is InChI=1S/C14H15ClF3N3O2.C3H4N2/c1-2-7-21-13(23)20(8-11(22)14(16,17)18)12(19-21)9-3-5-10(15)6-4-9;1-2-5-3-4-1/h3-6,11,22H,2,7-8H2,1H3;1-3H,(H,4,5)/t11-;/m0./s1. The highest BCUT2D eigenvalue weighted by Crippen LogP contribution is 2.24. The first-order valence-corrected chi connectivity index (χ1v) is 8.73. The fourth-order valence-electron chi connectivity index (χ4n) is 2.27. The van der Waals surface area contributed by atoms with Crippen LogP contribution in [0.4, 0.5) is 13.2 Å². The molecular weight excluding hydrogens is 399 g/mol. The molecule has 0 unspecified atom stereocenters. The lowest BCUT2D eigenvalue weighted by Gasteiger charge is -2.15. The van der Waals surface area contributed by atoms with E-state index in [9.17, 15) is 23.1 Å². The van der Waals surface area contributed by atoms with E-state index in [0.29, 0.717) is 17.0 Å². The number of rotatable bonds is 5. The zero-order valence-corrected chi connectivity index (χ0v) is 15.7. The van der Waals surface area contributed by atoms with Crippen LogP contribution in [-0.2, 0) is 13.1 Å². The number of halogens is 4. The predicted octanol–water partition coefficient (Wildman–Crippen LogP) is 3.11. The normalized spacial score (nSPS) is 12.4. The maximum Gasteiger partial charge on any atom is 0.416 e. The smallest absolute Gasteiger partial charge is 0.382 e. The molecule has 0 saturated heterocycles. The lowest BCUT2D eigenvalue weighted by Crippen LogP contribution is -2.37. The Hall–Kier alpha value is -2.59.